The van der Waals surface area contributed by atoms with Gasteiger partial charge in [-0.25, -0.2) is 0 Å². The molecule has 0 aromatic carbocycles. The second-order valence-corrected chi connectivity index (χ2v) is 4.31. The van der Waals surface area contributed by atoms with Crippen molar-refractivity contribution in [3.63, 3.8) is 0 Å². The highest BCUT2D eigenvalue weighted by Crippen LogP contribution is 2.35. The Bertz CT molecular complexity index is 211. The maximum absolute atomic E-state index is 11.5. The molecule has 0 spiro atoms. The van der Waals surface area contributed by atoms with Crippen LogP contribution >= 0.6 is 0 Å². The van der Waals surface area contributed by atoms with E-state index in [4.69, 9.17) is 0 Å². The van der Waals surface area contributed by atoms with Crippen molar-refractivity contribution in [1.82, 2.24) is 10.2 Å². The number of amides is 1. The summed E-state index contributed by atoms with van der Waals surface area (Å²) in [5.74, 6) is 0.267. The Balaban J connectivity index is 1.93. The number of hydrogen-bond acceptors (Lipinski definition) is 2. The highest BCUT2D eigenvalue weighted by molar-refractivity contribution is 5.83. The van der Waals surface area contributed by atoms with Gasteiger partial charge in [0.05, 0.1) is 6.04 Å². The van der Waals surface area contributed by atoms with Crippen molar-refractivity contribution < 1.29 is 4.79 Å². The van der Waals surface area contributed by atoms with Gasteiger partial charge >= 0.3 is 0 Å². The topological polar surface area (TPSA) is 32.3 Å². The summed E-state index contributed by atoms with van der Waals surface area (Å²) in [4.78, 5) is 13.3. The molecule has 1 saturated carbocycles. The molecule has 1 aliphatic carbocycles. The predicted octanol–water partition coefficient (Wildman–Crippen LogP) is 0.359. The van der Waals surface area contributed by atoms with Gasteiger partial charge in [0.2, 0.25) is 5.91 Å². The minimum absolute atomic E-state index is 0.0995. The molecule has 68 valence electrons. The van der Waals surface area contributed by atoms with Crippen molar-refractivity contribution in [2.24, 2.45) is 0 Å². The Labute approximate surface area is 73.1 Å². The Morgan fingerprint density at radius 1 is 1.58 bits per heavy atom. The van der Waals surface area contributed by atoms with Gasteiger partial charge in [-0.3, -0.25) is 4.79 Å². The van der Waals surface area contributed by atoms with Gasteiger partial charge in [-0.2, -0.15) is 0 Å². The molecule has 1 atom stereocenters. The SMILES string of the molecule is CN1CCC(NC2(C)CC2)C1=O. The summed E-state index contributed by atoms with van der Waals surface area (Å²) in [5.41, 5.74) is 0.283. The van der Waals surface area contributed by atoms with Gasteiger partial charge in [0.25, 0.3) is 0 Å². The number of carbonyl (C=O) groups is 1. The van der Waals surface area contributed by atoms with Gasteiger partial charge in [0.15, 0.2) is 0 Å². The van der Waals surface area contributed by atoms with Crippen LogP contribution in [0.15, 0.2) is 0 Å². The normalized spacial score (nSPS) is 32.7. The van der Waals surface area contributed by atoms with E-state index in [9.17, 15) is 4.79 Å². The van der Waals surface area contributed by atoms with E-state index in [-0.39, 0.29) is 17.5 Å². The molecule has 0 aromatic heterocycles. The van der Waals surface area contributed by atoms with Gasteiger partial charge in [-0.05, 0) is 26.2 Å². The number of carbonyl (C=O) groups excluding carboxylic acids is 1. The van der Waals surface area contributed by atoms with Gasteiger partial charge in [0, 0.05) is 19.1 Å². The Kier molecular flexibility index (Phi) is 1.65. The zero-order valence-corrected chi connectivity index (χ0v) is 7.76. The van der Waals surface area contributed by atoms with Crippen LogP contribution in [0.4, 0.5) is 0 Å². The summed E-state index contributed by atoms with van der Waals surface area (Å²) in [5, 5.41) is 3.42. The second kappa shape index (κ2) is 2.46. The van der Waals surface area contributed by atoms with E-state index in [0.717, 1.165) is 13.0 Å². The average molecular weight is 168 g/mol. The van der Waals surface area contributed by atoms with E-state index in [1.807, 2.05) is 11.9 Å². The van der Waals surface area contributed by atoms with Crippen molar-refractivity contribution in [3.05, 3.63) is 0 Å². The average Bonchev–Trinajstić information content (AvgIpc) is 2.68. The monoisotopic (exact) mass is 168 g/mol. The van der Waals surface area contributed by atoms with Crippen molar-refractivity contribution in [1.29, 1.82) is 0 Å². The van der Waals surface area contributed by atoms with Crippen LogP contribution in [0.1, 0.15) is 26.2 Å². The maximum Gasteiger partial charge on any atom is 0.239 e. The van der Waals surface area contributed by atoms with Gasteiger partial charge in [-0.1, -0.05) is 0 Å². The summed E-state index contributed by atoms with van der Waals surface area (Å²) < 4.78 is 0. The molecule has 3 nitrogen and oxygen atoms in total. The number of likely N-dealkylation sites (N-methyl/N-ethyl adjacent to an activating group) is 1. The summed E-state index contributed by atoms with van der Waals surface area (Å²) in [6, 6.07) is 0.0995. The lowest BCUT2D eigenvalue weighted by Gasteiger charge is -2.16. The number of likely N-dealkylation sites (tertiary alicyclic amines) is 1. The molecule has 1 unspecified atom stereocenters. The molecule has 2 aliphatic rings. The summed E-state index contributed by atoms with van der Waals surface area (Å²) in [6.45, 7) is 3.10. The summed E-state index contributed by atoms with van der Waals surface area (Å²) in [6.07, 6.45) is 3.42. The number of nitrogens with one attached hydrogen (secondary N) is 1. The fourth-order valence-corrected chi connectivity index (χ4v) is 1.71. The fourth-order valence-electron chi connectivity index (χ4n) is 1.71. The van der Waals surface area contributed by atoms with E-state index in [2.05, 4.69) is 12.2 Å². The quantitative estimate of drug-likeness (QED) is 0.645. The first-order valence-corrected chi connectivity index (χ1v) is 4.63. The third-order valence-corrected chi connectivity index (χ3v) is 2.95. The van der Waals surface area contributed by atoms with Crippen molar-refractivity contribution >= 4 is 5.91 Å². The molecule has 2 rings (SSSR count). The molecule has 0 radical (unpaired) electrons. The minimum Gasteiger partial charge on any atom is -0.344 e. The van der Waals surface area contributed by atoms with Crippen molar-refractivity contribution in [2.75, 3.05) is 13.6 Å². The van der Waals surface area contributed by atoms with E-state index in [1.54, 1.807) is 0 Å². The van der Waals surface area contributed by atoms with Gasteiger partial charge in [-0.15, -0.1) is 0 Å². The molecular formula is C9H16N2O. The van der Waals surface area contributed by atoms with Crippen LogP contribution in [0.2, 0.25) is 0 Å². The summed E-state index contributed by atoms with van der Waals surface area (Å²) >= 11 is 0. The molecular weight excluding hydrogens is 152 g/mol. The van der Waals surface area contributed by atoms with Crippen LogP contribution < -0.4 is 5.32 Å². The van der Waals surface area contributed by atoms with Crippen molar-refractivity contribution in [2.45, 2.75) is 37.8 Å². The first kappa shape index (κ1) is 8.05. The molecule has 1 N–H and O–H groups in total. The number of hydrogen-bond donors (Lipinski definition) is 1. The lowest BCUT2D eigenvalue weighted by atomic mass is 10.2. The molecule has 2 fully saturated rings. The van der Waals surface area contributed by atoms with E-state index in [0.29, 0.717) is 0 Å². The van der Waals surface area contributed by atoms with Crippen LogP contribution in [0.5, 0.6) is 0 Å². The first-order chi connectivity index (χ1) is 5.61. The first-order valence-electron chi connectivity index (χ1n) is 4.63. The van der Waals surface area contributed by atoms with Gasteiger partial charge < -0.3 is 10.2 Å². The number of nitrogens with zero attached hydrogens (tertiary/aromatic N) is 1. The van der Waals surface area contributed by atoms with Crippen LogP contribution in [0.3, 0.4) is 0 Å². The predicted molar refractivity (Wildman–Crippen MR) is 46.8 cm³/mol. The molecule has 1 saturated heterocycles. The minimum atomic E-state index is 0.0995. The highest BCUT2D eigenvalue weighted by atomic mass is 16.2. The zero-order valence-electron chi connectivity index (χ0n) is 7.76. The van der Waals surface area contributed by atoms with E-state index in [1.165, 1.54) is 12.8 Å². The van der Waals surface area contributed by atoms with Crippen LogP contribution in [0, 0.1) is 0 Å². The lowest BCUT2D eigenvalue weighted by Crippen LogP contribution is -2.43. The zero-order chi connectivity index (χ0) is 8.77. The van der Waals surface area contributed by atoms with Crippen LogP contribution in [-0.2, 0) is 4.79 Å². The molecule has 0 bridgehead atoms. The molecule has 0 aromatic rings. The van der Waals surface area contributed by atoms with E-state index >= 15 is 0 Å². The van der Waals surface area contributed by atoms with Crippen LogP contribution in [-0.4, -0.2) is 36.0 Å². The largest absolute Gasteiger partial charge is 0.344 e. The fraction of sp³-hybridized carbons (Fsp3) is 0.889. The maximum atomic E-state index is 11.5. The second-order valence-electron chi connectivity index (χ2n) is 4.31. The lowest BCUT2D eigenvalue weighted by molar-refractivity contribution is -0.128. The molecule has 1 aliphatic heterocycles. The molecule has 1 amide bonds. The highest BCUT2D eigenvalue weighted by Gasteiger charge is 2.42. The molecule has 1 heterocycles. The van der Waals surface area contributed by atoms with E-state index < -0.39 is 0 Å². The molecule has 12 heavy (non-hydrogen) atoms. The third-order valence-electron chi connectivity index (χ3n) is 2.95. The van der Waals surface area contributed by atoms with Crippen molar-refractivity contribution in [3.8, 4) is 0 Å². The third kappa shape index (κ3) is 1.33. The van der Waals surface area contributed by atoms with Gasteiger partial charge in [0.1, 0.15) is 0 Å². The summed E-state index contributed by atoms with van der Waals surface area (Å²) in [7, 11) is 1.87. The standard InChI is InChI=1S/C9H16N2O/c1-9(4-5-9)10-7-3-6-11(2)8(7)12/h7,10H,3-6H2,1-2H3. The smallest absolute Gasteiger partial charge is 0.239 e. The molecule has 3 heteroatoms. The number of rotatable bonds is 2. The Hall–Kier alpha value is -0.570. The van der Waals surface area contributed by atoms with Crippen LogP contribution in [0.25, 0.3) is 0 Å². The Morgan fingerprint density at radius 2 is 2.25 bits per heavy atom. The Morgan fingerprint density at radius 3 is 2.67 bits per heavy atom.